The zero-order chi connectivity index (χ0) is 7.28. The summed E-state index contributed by atoms with van der Waals surface area (Å²) < 4.78 is 23.7. The predicted octanol–water partition coefficient (Wildman–Crippen LogP) is 2.73. The van der Waals surface area contributed by atoms with Crippen molar-refractivity contribution in [2.75, 3.05) is 6.67 Å². The summed E-state index contributed by atoms with van der Waals surface area (Å²) in [4.78, 5) is 0. The van der Waals surface area contributed by atoms with Gasteiger partial charge in [0.15, 0.2) is 0 Å². The molecular weight excluding hydrogens is 122 g/mol. The van der Waals surface area contributed by atoms with Crippen LogP contribution in [0.15, 0.2) is 0 Å². The minimum atomic E-state index is -0.786. The zero-order valence-electron chi connectivity index (χ0n) is 6.03. The Balaban J connectivity index is 3.15. The molecule has 0 radical (unpaired) electrons. The van der Waals surface area contributed by atoms with E-state index in [0.29, 0.717) is 12.8 Å². The highest BCUT2D eigenvalue weighted by Gasteiger charge is 2.05. The van der Waals surface area contributed by atoms with Crippen molar-refractivity contribution in [2.45, 2.75) is 32.9 Å². The first kappa shape index (κ1) is 8.86. The number of rotatable bonds is 4. The van der Waals surface area contributed by atoms with Crippen molar-refractivity contribution in [3.63, 3.8) is 0 Å². The summed E-state index contributed by atoms with van der Waals surface area (Å²) in [5.41, 5.74) is 0. The number of hydrogen-bond donors (Lipinski definition) is 0. The molecule has 0 saturated heterocycles. The standard InChI is InChI=1S/C7H14F2/c1-6(3-4-8)5-7(2)9/h6-7H,3-5H2,1-2H3/t6?,7-/m1/s1. The Morgan fingerprint density at radius 2 is 1.89 bits per heavy atom. The first-order valence-electron chi connectivity index (χ1n) is 3.36. The molecule has 0 aliphatic carbocycles. The van der Waals surface area contributed by atoms with Gasteiger partial charge in [0.2, 0.25) is 0 Å². The summed E-state index contributed by atoms with van der Waals surface area (Å²) >= 11 is 0. The fourth-order valence-corrected chi connectivity index (χ4v) is 0.859. The van der Waals surface area contributed by atoms with E-state index in [2.05, 4.69) is 0 Å². The second-order valence-electron chi connectivity index (χ2n) is 2.60. The van der Waals surface area contributed by atoms with Crippen LogP contribution in [0.5, 0.6) is 0 Å². The van der Waals surface area contributed by atoms with Crippen LogP contribution >= 0.6 is 0 Å². The molecule has 0 nitrogen and oxygen atoms in total. The molecule has 2 heteroatoms. The molecule has 0 aromatic carbocycles. The lowest BCUT2D eigenvalue weighted by Gasteiger charge is -2.08. The van der Waals surface area contributed by atoms with Crippen molar-refractivity contribution in [1.82, 2.24) is 0 Å². The Labute approximate surface area is 55.3 Å². The molecule has 2 atom stereocenters. The first-order valence-corrected chi connectivity index (χ1v) is 3.36. The molecule has 0 N–H and O–H groups in total. The van der Waals surface area contributed by atoms with E-state index in [1.807, 2.05) is 6.92 Å². The smallest absolute Gasteiger partial charge is 0.0976 e. The molecule has 9 heavy (non-hydrogen) atoms. The van der Waals surface area contributed by atoms with Crippen LogP contribution in [-0.4, -0.2) is 12.8 Å². The van der Waals surface area contributed by atoms with Crippen molar-refractivity contribution >= 4 is 0 Å². The SMILES string of the molecule is CC(CCF)C[C@@H](C)F. The lowest BCUT2D eigenvalue weighted by atomic mass is 10.0. The third kappa shape index (κ3) is 5.74. The van der Waals surface area contributed by atoms with Gasteiger partial charge >= 0.3 is 0 Å². The summed E-state index contributed by atoms with van der Waals surface area (Å²) in [6.45, 7) is 3.05. The molecule has 1 unspecified atom stereocenters. The monoisotopic (exact) mass is 136 g/mol. The van der Waals surface area contributed by atoms with Gasteiger partial charge in [0, 0.05) is 0 Å². The van der Waals surface area contributed by atoms with Crippen LogP contribution in [0, 0.1) is 5.92 Å². The van der Waals surface area contributed by atoms with Gasteiger partial charge in [0.25, 0.3) is 0 Å². The highest BCUT2D eigenvalue weighted by molar-refractivity contribution is 4.56. The average Bonchev–Trinajstić information content (AvgIpc) is 1.63. The van der Waals surface area contributed by atoms with E-state index < -0.39 is 6.17 Å². The number of alkyl halides is 2. The van der Waals surface area contributed by atoms with Crippen LogP contribution in [0.3, 0.4) is 0 Å². The van der Waals surface area contributed by atoms with Crippen LogP contribution in [0.4, 0.5) is 8.78 Å². The average molecular weight is 136 g/mol. The third-order valence-electron chi connectivity index (χ3n) is 1.33. The minimum absolute atomic E-state index is 0.190. The van der Waals surface area contributed by atoms with Gasteiger partial charge in [0.1, 0.15) is 0 Å². The molecule has 0 aromatic heterocycles. The Morgan fingerprint density at radius 1 is 1.33 bits per heavy atom. The summed E-state index contributed by atoms with van der Waals surface area (Å²) in [5.74, 6) is 0.190. The van der Waals surface area contributed by atoms with Crippen LogP contribution in [-0.2, 0) is 0 Å². The van der Waals surface area contributed by atoms with Gasteiger partial charge in [-0.2, -0.15) is 0 Å². The molecule has 0 bridgehead atoms. The van der Waals surface area contributed by atoms with Crippen molar-refractivity contribution in [3.05, 3.63) is 0 Å². The lowest BCUT2D eigenvalue weighted by Crippen LogP contribution is -2.03. The largest absolute Gasteiger partial charge is 0.251 e. The number of hydrogen-bond acceptors (Lipinski definition) is 0. The Bertz CT molecular complexity index is 61.9. The molecule has 0 saturated carbocycles. The van der Waals surface area contributed by atoms with Crippen LogP contribution in [0.25, 0.3) is 0 Å². The van der Waals surface area contributed by atoms with Gasteiger partial charge in [-0.3, -0.25) is 4.39 Å². The minimum Gasteiger partial charge on any atom is -0.251 e. The van der Waals surface area contributed by atoms with Gasteiger partial charge in [0.05, 0.1) is 12.8 Å². The molecule has 0 aliphatic heterocycles. The van der Waals surface area contributed by atoms with E-state index in [1.165, 1.54) is 6.92 Å². The Morgan fingerprint density at radius 3 is 2.22 bits per heavy atom. The molecular formula is C7H14F2. The highest BCUT2D eigenvalue weighted by atomic mass is 19.1. The summed E-state index contributed by atoms with van der Waals surface area (Å²) in [6.07, 6.45) is 0.199. The van der Waals surface area contributed by atoms with Gasteiger partial charge in [-0.05, 0) is 25.7 Å². The van der Waals surface area contributed by atoms with Gasteiger partial charge < -0.3 is 0 Å². The lowest BCUT2D eigenvalue weighted by molar-refractivity contribution is 0.277. The van der Waals surface area contributed by atoms with E-state index >= 15 is 0 Å². The normalized spacial score (nSPS) is 17.3. The zero-order valence-corrected chi connectivity index (χ0v) is 6.03. The van der Waals surface area contributed by atoms with Crippen LogP contribution < -0.4 is 0 Å². The van der Waals surface area contributed by atoms with Crippen molar-refractivity contribution in [3.8, 4) is 0 Å². The maximum Gasteiger partial charge on any atom is 0.0976 e. The molecule has 0 spiro atoms. The highest BCUT2D eigenvalue weighted by Crippen LogP contribution is 2.11. The predicted molar refractivity (Wildman–Crippen MR) is 34.9 cm³/mol. The second-order valence-corrected chi connectivity index (χ2v) is 2.60. The maximum atomic E-state index is 12.2. The quantitative estimate of drug-likeness (QED) is 0.557. The van der Waals surface area contributed by atoms with Crippen molar-refractivity contribution < 1.29 is 8.78 Å². The van der Waals surface area contributed by atoms with E-state index in [0.717, 1.165) is 0 Å². The van der Waals surface area contributed by atoms with Crippen LogP contribution in [0.2, 0.25) is 0 Å². The summed E-state index contributed by atoms with van der Waals surface area (Å²) in [5, 5.41) is 0. The van der Waals surface area contributed by atoms with E-state index in [-0.39, 0.29) is 12.6 Å². The number of halogens is 2. The molecule has 0 amide bonds. The molecule has 56 valence electrons. The third-order valence-corrected chi connectivity index (χ3v) is 1.33. The van der Waals surface area contributed by atoms with Gasteiger partial charge in [-0.25, -0.2) is 4.39 Å². The van der Waals surface area contributed by atoms with E-state index in [4.69, 9.17) is 0 Å². The fraction of sp³-hybridized carbons (Fsp3) is 1.00. The van der Waals surface area contributed by atoms with E-state index in [1.54, 1.807) is 0 Å². The topological polar surface area (TPSA) is 0 Å². The molecule has 0 aromatic rings. The van der Waals surface area contributed by atoms with Gasteiger partial charge in [-0.15, -0.1) is 0 Å². The second kappa shape index (κ2) is 4.71. The van der Waals surface area contributed by atoms with Crippen molar-refractivity contribution in [2.24, 2.45) is 5.92 Å². The van der Waals surface area contributed by atoms with E-state index in [9.17, 15) is 8.78 Å². The van der Waals surface area contributed by atoms with Crippen molar-refractivity contribution in [1.29, 1.82) is 0 Å². The molecule has 0 aliphatic rings. The molecule has 0 heterocycles. The summed E-state index contributed by atoms with van der Waals surface area (Å²) in [7, 11) is 0. The molecule has 0 fully saturated rings. The molecule has 0 rings (SSSR count). The maximum absolute atomic E-state index is 12.2. The first-order chi connectivity index (χ1) is 4.16. The Hall–Kier alpha value is -0.140. The Kier molecular flexibility index (Phi) is 4.64. The van der Waals surface area contributed by atoms with Crippen LogP contribution in [0.1, 0.15) is 26.7 Å². The van der Waals surface area contributed by atoms with Gasteiger partial charge in [-0.1, -0.05) is 6.92 Å². The summed E-state index contributed by atoms with van der Waals surface area (Å²) in [6, 6.07) is 0. The fourth-order valence-electron chi connectivity index (χ4n) is 0.859.